The lowest BCUT2D eigenvalue weighted by Crippen LogP contribution is -2.15. The molecule has 0 bridgehead atoms. The first-order chi connectivity index (χ1) is 18.4. The van der Waals surface area contributed by atoms with Crippen LogP contribution in [0.15, 0.2) is 97.1 Å². The average Bonchev–Trinajstić information content (AvgIpc) is 3.39. The number of esters is 1. The largest absolute Gasteiger partial charge is 0.451 e. The first-order valence-corrected chi connectivity index (χ1v) is 12.5. The molecule has 0 saturated carbocycles. The number of hydrogen-bond acceptors (Lipinski definition) is 5. The predicted octanol–water partition coefficient (Wildman–Crippen LogP) is 7.26. The second kappa shape index (κ2) is 11.0. The Balaban J connectivity index is 1.37. The summed E-state index contributed by atoms with van der Waals surface area (Å²) in [7, 11) is 0. The average molecular weight is 542 g/mol. The number of aryl methyl sites for hydroxylation is 1. The van der Waals surface area contributed by atoms with Crippen LogP contribution >= 0.6 is 23.2 Å². The maximum atomic E-state index is 12.9. The van der Waals surface area contributed by atoms with E-state index in [1.807, 2.05) is 55.5 Å². The number of ketones is 1. The van der Waals surface area contributed by atoms with Gasteiger partial charge >= 0.3 is 5.97 Å². The van der Waals surface area contributed by atoms with Crippen LogP contribution in [0.2, 0.25) is 10.0 Å². The number of rotatable bonds is 7. The first-order valence-electron chi connectivity index (χ1n) is 11.7. The molecule has 0 spiro atoms. The molecule has 5 rings (SSSR count). The van der Waals surface area contributed by atoms with E-state index in [2.05, 4.69) is 10.1 Å². The van der Waals surface area contributed by atoms with E-state index < -0.39 is 12.6 Å². The van der Waals surface area contributed by atoms with Gasteiger partial charge in [0.25, 0.3) is 5.82 Å². The lowest BCUT2D eigenvalue weighted by Gasteiger charge is -2.09. The lowest BCUT2D eigenvalue weighted by atomic mass is 10.0. The molecule has 8 heteroatoms. The molecule has 0 radical (unpaired) electrons. The highest BCUT2D eigenvalue weighted by molar-refractivity contribution is 6.31. The highest BCUT2D eigenvalue weighted by Gasteiger charge is 2.22. The number of ether oxygens (including phenoxy) is 1. The topological polar surface area (TPSA) is 74.1 Å². The number of Topliss-reactive ketones (excluding diaryl/α,β-unsaturated/α-hetero) is 1. The van der Waals surface area contributed by atoms with Gasteiger partial charge in [-0.3, -0.25) is 4.79 Å². The Bertz CT molecular complexity index is 1610. The van der Waals surface area contributed by atoms with Crippen LogP contribution in [0.3, 0.4) is 0 Å². The maximum absolute atomic E-state index is 12.9. The molecular formula is C30H21Cl2N3O3. The molecule has 1 heterocycles. The molecule has 0 fully saturated rings. The summed E-state index contributed by atoms with van der Waals surface area (Å²) in [5, 5.41) is 5.48. The van der Waals surface area contributed by atoms with Crippen LogP contribution < -0.4 is 0 Å². The van der Waals surface area contributed by atoms with Crippen molar-refractivity contribution in [3.05, 3.63) is 124 Å². The van der Waals surface area contributed by atoms with Gasteiger partial charge < -0.3 is 4.74 Å². The third-order valence-corrected chi connectivity index (χ3v) is 6.43. The van der Waals surface area contributed by atoms with E-state index in [0.29, 0.717) is 32.7 Å². The molecule has 188 valence electrons. The molecule has 0 aliphatic rings. The van der Waals surface area contributed by atoms with E-state index >= 15 is 0 Å². The van der Waals surface area contributed by atoms with Crippen molar-refractivity contribution in [2.45, 2.75) is 6.92 Å². The number of hydrogen-bond donors (Lipinski definition) is 0. The Hall–Kier alpha value is -4.26. The Labute approximate surface area is 229 Å². The van der Waals surface area contributed by atoms with Crippen LogP contribution in [0.4, 0.5) is 0 Å². The molecule has 0 unspecified atom stereocenters. The Morgan fingerprint density at radius 3 is 2.13 bits per heavy atom. The summed E-state index contributed by atoms with van der Waals surface area (Å²) in [6, 6.07) is 29.4. The van der Waals surface area contributed by atoms with Crippen molar-refractivity contribution >= 4 is 35.0 Å². The van der Waals surface area contributed by atoms with Gasteiger partial charge in [0.05, 0.1) is 5.69 Å². The Morgan fingerprint density at radius 2 is 1.42 bits per heavy atom. The third-order valence-electron chi connectivity index (χ3n) is 5.94. The summed E-state index contributed by atoms with van der Waals surface area (Å²) in [5.74, 6) is -0.919. The maximum Gasteiger partial charge on any atom is 0.378 e. The van der Waals surface area contributed by atoms with Crippen LogP contribution in [-0.4, -0.2) is 33.1 Å². The number of carbonyl (C=O) groups is 2. The summed E-state index contributed by atoms with van der Waals surface area (Å²) >= 11 is 12.3. The summed E-state index contributed by atoms with van der Waals surface area (Å²) in [6.07, 6.45) is 0. The number of carbonyl (C=O) groups excluding carboxylic acids is 2. The van der Waals surface area contributed by atoms with Crippen molar-refractivity contribution < 1.29 is 14.3 Å². The van der Waals surface area contributed by atoms with E-state index in [4.69, 9.17) is 27.9 Å². The number of aromatic nitrogens is 3. The molecule has 0 saturated heterocycles. The molecule has 0 amide bonds. The summed E-state index contributed by atoms with van der Waals surface area (Å²) < 4.78 is 6.83. The van der Waals surface area contributed by atoms with Crippen molar-refractivity contribution in [1.82, 2.24) is 14.8 Å². The molecule has 1 aromatic heterocycles. The van der Waals surface area contributed by atoms with Crippen LogP contribution in [-0.2, 0) is 4.74 Å². The van der Waals surface area contributed by atoms with Gasteiger partial charge in [-0.15, -0.1) is 5.10 Å². The second-order valence-electron chi connectivity index (χ2n) is 8.55. The smallest absolute Gasteiger partial charge is 0.378 e. The minimum Gasteiger partial charge on any atom is -0.451 e. The van der Waals surface area contributed by atoms with E-state index in [0.717, 1.165) is 16.7 Å². The van der Waals surface area contributed by atoms with E-state index in [9.17, 15) is 9.59 Å². The minimum atomic E-state index is -0.812. The first kappa shape index (κ1) is 25.4. The Morgan fingerprint density at radius 1 is 0.789 bits per heavy atom. The zero-order valence-electron chi connectivity index (χ0n) is 20.3. The summed E-state index contributed by atoms with van der Waals surface area (Å²) in [4.78, 5) is 30.0. The van der Waals surface area contributed by atoms with E-state index in [1.165, 1.54) is 4.68 Å². The molecule has 4 aromatic carbocycles. The molecular weight excluding hydrogens is 521 g/mol. The van der Waals surface area contributed by atoms with Gasteiger partial charge in [0.15, 0.2) is 18.2 Å². The van der Waals surface area contributed by atoms with Gasteiger partial charge in [0.2, 0.25) is 0 Å². The fourth-order valence-electron chi connectivity index (χ4n) is 3.92. The van der Waals surface area contributed by atoms with Gasteiger partial charge in [-0.25, -0.2) is 14.5 Å². The molecule has 0 aliphatic carbocycles. The Kier molecular flexibility index (Phi) is 7.36. The predicted molar refractivity (Wildman–Crippen MR) is 148 cm³/mol. The van der Waals surface area contributed by atoms with Gasteiger partial charge in [-0.2, -0.15) is 0 Å². The van der Waals surface area contributed by atoms with Crippen LogP contribution in [0.5, 0.6) is 0 Å². The summed E-state index contributed by atoms with van der Waals surface area (Å²) in [6.45, 7) is 1.46. The highest BCUT2D eigenvalue weighted by atomic mass is 35.5. The van der Waals surface area contributed by atoms with Crippen molar-refractivity contribution in [3.8, 4) is 28.2 Å². The van der Waals surface area contributed by atoms with Crippen LogP contribution in [0.1, 0.15) is 26.5 Å². The molecule has 6 nitrogen and oxygen atoms in total. The fraction of sp³-hybridized carbons (Fsp3) is 0.0667. The third kappa shape index (κ3) is 5.52. The lowest BCUT2D eigenvalue weighted by molar-refractivity contribution is 0.0462. The number of nitrogens with zero attached hydrogens (tertiary/aromatic N) is 3. The van der Waals surface area contributed by atoms with Crippen molar-refractivity contribution in [1.29, 1.82) is 0 Å². The SMILES string of the molecule is Cc1ccc(Cl)cc1-n1nc(C(=O)OCC(=O)c2ccc(-c3ccccc3)cc2)nc1-c1ccc(Cl)cc1. The van der Waals surface area contributed by atoms with Gasteiger partial charge in [0, 0.05) is 21.2 Å². The van der Waals surface area contributed by atoms with E-state index in [-0.39, 0.29) is 11.6 Å². The normalized spacial score (nSPS) is 10.8. The fourth-order valence-corrected chi connectivity index (χ4v) is 4.21. The minimum absolute atomic E-state index is 0.179. The highest BCUT2D eigenvalue weighted by Crippen LogP contribution is 2.27. The second-order valence-corrected chi connectivity index (χ2v) is 9.42. The molecule has 0 atom stereocenters. The van der Waals surface area contributed by atoms with Crippen molar-refractivity contribution in [2.24, 2.45) is 0 Å². The summed E-state index contributed by atoms with van der Waals surface area (Å²) in [5.41, 5.74) is 4.69. The quantitative estimate of drug-likeness (QED) is 0.160. The zero-order chi connectivity index (χ0) is 26.6. The molecule has 38 heavy (non-hydrogen) atoms. The van der Waals surface area contributed by atoms with Gasteiger partial charge in [-0.1, -0.05) is 83.9 Å². The number of benzene rings is 4. The standard InChI is InChI=1S/C30H21Cl2N3O3/c1-19-7-14-25(32)17-26(19)35-29(23-12-15-24(31)16-13-23)33-28(34-35)30(37)38-18-27(36)22-10-8-21(9-11-22)20-5-3-2-4-6-20/h2-17H,18H2,1H3. The van der Waals surface area contributed by atoms with Gasteiger partial charge in [0.1, 0.15) is 0 Å². The van der Waals surface area contributed by atoms with Crippen LogP contribution in [0.25, 0.3) is 28.2 Å². The van der Waals surface area contributed by atoms with Crippen LogP contribution in [0, 0.1) is 6.92 Å². The van der Waals surface area contributed by atoms with Crippen molar-refractivity contribution in [2.75, 3.05) is 6.61 Å². The molecule has 0 aliphatic heterocycles. The zero-order valence-corrected chi connectivity index (χ0v) is 21.8. The number of halogens is 2. The monoisotopic (exact) mass is 541 g/mol. The van der Waals surface area contributed by atoms with Crippen molar-refractivity contribution in [3.63, 3.8) is 0 Å². The van der Waals surface area contributed by atoms with Gasteiger partial charge in [-0.05, 0) is 60.0 Å². The molecule has 5 aromatic rings. The molecule has 0 N–H and O–H groups in total. The van der Waals surface area contributed by atoms with E-state index in [1.54, 1.807) is 48.5 Å².